The van der Waals surface area contributed by atoms with E-state index < -0.39 is 0 Å². The molecule has 0 aromatic rings. The van der Waals surface area contributed by atoms with Gasteiger partial charge in [0.2, 0.25) is 0 Å². The van der Waals surface area contributed by atoms with Crippen molar-refractivity contribution in [1.82, 2.24) is 0 Å². The first-order valence-corrected chi connectivity index (χ1v) is 5.16. The summed E-state index contributed by atoms with van der Waals surface area (Å²) in [6.07, 6.45) is 5.89. The van der Waals surface area contributed by atoms with E-state index in [0.717, 1.165) is 5.92 Å². The van der Waals surface area contributed by atoms with Crippen molar-refractivity contribution in [2.75, 3.05) is 0 Å². The Bertz CT molecular complexity index is 316. The van der Waals surface area contributed by atoms with Crippen molar-refractivity contribution in [3.05, 3.63) is 12.2 Å². The molecule has 0 saturated heterocycles. The van der Waals surface area contributed by atoms with Gasteiger partial charge in [-0.15, -0.1) is 0 Å². The Balaban J connectivity index is 2.16. The Morgan fingerprint density at radius 1 is 1.31 bits per heavy atom. The molecule has 2 nitrogen and oxygen atoms in total. The van der Waals surface area contributed by atoms with Crippen molar-refractivity contribution in [2.24, 2.45) is 27.5 Å². The fourth-order valence-corrected chi connectivity index (χ4v) is 3.47. The quantitative estimate of drug-likeness (QED) is 0.507. The van der Waals surface area contributed by atoms with Crippen LogP contribution in [0.2, 0.25) is 0 Å². The second kappa shape index (κ2) is 1.89. The average molecular weight is 176 g/mol. The number of hydrogen-bond donors (Lipinski definition) is 0. The molecular weight excluding hydrogens is 160 g/mol. The molecular formula is C11H16N2. The molecule has 13 heavy (non-hydrogen) atoms. The maximum atomic E-state index is 4.51. The largest absolute Gasteiger partial charge is 0.189 e. The number of azo groups is 1. The van der Waals surface area contributed by atoms with Crippen molar-refractivity contribution in [3.63, 3.8) is 0 Å². The van der Waals surface area contributed by atoms with E-state index >= 15 is 0 Å². The van der Waals surface area contributed by atoms with Gasteiger partial charge in [0.05, 0.1) is 11.6 Å². The van der Waals surface area contributed by atoms with Gasteiger partial charge in [-0.25, -0.2) is 0 Å². The highest BCUT2D eigenvalue weighted by atomic mass is 15.3. The highest BCUT2D eigenvalue weighted by Crippen LogP contribution is 2.63. The van der Waals surface area contributed by atoms with Crippen LogP contribution in [0, 0.1) is 17.3 Å². The third-order valence-electron chi connectivity index (χ3n) is 4.70. The van der Waals surface area contributed by atoms with E-state index in [1.807, 2.05) is 0 Å². The van der Waals surface area contributed by atoms with Crippen molar-refractivity contribution in [3.8, 4) is 0 Å². The van der Waals surface area contributed by atoms with E-state index in [1.54, 1.807) is 0 Å². The SMILES string of the molecule is CC1(C)[C@@H]2N=N[C@@]1(C)[C@H]1C=CC[C@@H]21. The molecule has 1 heterocycles. The summed E-state index contributed by atoms with van der Waals surface area (Å²) in [6, 6.07) is 0.470. The first-order valence-electron chi connectivity index (χ1n) is 5.16. The molecule has 1 fully saturated rings. The summed E-state index contributed by atoms with van der Waals surface area (Å²) in [6.45, 7) is 6.92. The summed E-state index contributed by atoms with van der Waals surface area (Å²) >= 11 is 0. The molecule has 0 aromatic carbocycles. The molecule has 2 aliphatic carbocycles. The molecule has 2 bridgehead atoms. The highest BCUT2D eigenvalue weighted by molar-refractivity contribution is 5.27. The van der Waals surface area contributed by atoms with Crippen molar-refractivity contribution in [1.29, 1.82) is 0 Å². The molecule has 70 valence electrons. The predicted molar refractivity (Wildman–Crippen MR) is 51.6 cm³/mol. The molecule has 1 saturated carbocycles. The van der Waals surface area contributed by atoms with Crippen LogP contribution in [0.4, 0.5) is 0 Å². The van der Waals surface area contributed by atoms with E-state index in [2.05, 4.69) is 43.2 Å². The Kier molecular flexibility index (Phi) is 1.12. The molecule has 0 radical (unpaired) electrons. The van der Waals surface area contributed by atoms with Crippen LogP contribution in [-0.2, 0) is 0 Å². The Morgan fingerprint density at radius 3 is 2.77 bits per heavy atom. The zero-order valence-electron chi connectivity index (χ0n) is 8.49. The number of nitrogens with zero attached hydrogens (tertiary/aromatic N) is 2. The van der Waals surface area contributed by atoms with Crippen LogP contribution in [-0.4, -0.2) is 11.6 Å². The van der Waals surface area contributed by atoms with Gasteiger partial charge in [0, 0.05) is 11.3 Å². The van der Waals surface area contributed by atoms with Gasteiger partial charge in [-0.3, -0.25) is 0 Å². The summed E-state index contributed by atoms with van der Waals surface area (Å²) in [4.78, 5) is 0. The zero-order valence-corrected chi connectivity index (χ0v) is 8.49. The monoisotopic (exact) mass is 176 g/mol. The summed E-state index contributed by atoms with van der Waals surface area (Å²) in [5, 5.41) is 8.96. The summed E-state index contributed by atoms with van der Waals surface area (Å²) < 4.78 is 0. The minimum absolute atomic E-state index is 0.0787. The normalized spacial score (nSPS) is 54.5. The number of fused-ring (bicyclic) bond motifs is 5. The number of allylic oxidation sites excluding steroid dienone is 1. The molecule has 4 atom stereocenters. The lowest BCUT2D eigenvalue weighted by Gasteiger charge is -2.33. The Hall–Kier alpha value is -0.660. The highest BCUT2D eigenvalue weighted by Gasteiger charge is 2.66. The van der Waals surface area contributed by atoms with Crippen LogP contribution >= 0.6 is 0 Å². The molecule has 3 rings (SSSR count). The summed E-state index contributed by atoms with van der Waals surface area (Å²) in [5.74, 6) is 1.41. The van der Waals surface area contributed by atoms with Gasteiger partial charge < -0.3 is 0 Å². The van der Waals surface area contributed by atoms with Crippen LogP contribution in [0.1, 0.15) is 27.2 Å². The minimum atomic E-state index is 0.0787. The van der Waals surface area contributed by atoms with Gasteiger partial charge in [0.25, 0.3) is 0 Å². The smallest absolute Gasteiger partial charge is 0.0925 e. The lowest BCUT2D eigenvalue weighted by molar-refractivity contribution is 0.225. The van der Waals surface area contributed by atoms with E-state index in [-0.39, 0.29) is 11.0 Å². The maximum absolute atomic E-state index is 4.51. The lowest BCUT2D eigenvalue weighted by Crippen LogP contribution is -2.39. The summed E-state index contributed by atoms with van der Waals surface area (Å²) in [5.41, 5.74) is 0.350. The van der Waals surface area contributed by atoms with Gasteiger partial charge in [0.15, 0.2) is 0 Å². The van der Waals surface area contributed by atoms with Gasteiger partial charge in [0.1, 0.15) is 0 Å². The molecule has 0 N–H and O–H groups in total. The van der Waals surface area contributed by atoms with Gasteiger partial charge in [-0.05, 0) is 19.3 Å². The van der Waals surface area contributed by atoms with Crippen molar-refractivity contribution < 1.29 is 0 Å². The summed E-state index contributed by atoms with van der Waals surface area (Å²) in [7, 11) is 0. The second-order valence-corrected chi connectivity index (χ2v) is 5.38. The maximum Gasteiger partial charge on any atom is 0.0925 e. The van der Waals surface area contributed by atoms with Crippen LogP contribution in [0.25, 0.3) is 0 Å². The first-order chi connectivity index (χ1) is 6.07. The zero-order chi connectivity index (χ0) is 9.27. The van der Waals surface area contributed by atoms with E-state index in [0.29, 0.717) is 12.0 Å². The standard InChI is InChI=1S/C11H16N2/c1-10(2)9-7-5-4-6-8(7)11(10,3)13-12-9/h4,6-9H,5H2,1-3H3/t7-,8+,9-,11+/m1/s1. The van der Waals surface area contributed by atoms with Crippen LogP contribution in [0.5, 0.6) is 0 Å². The van der Waals surface area contributed by atoms with E-state index in [9.17, 15) is 0 Å². The molecule has 1 aliphatic heterocycles. The second-order valence-electron chi connectivity index (χ2n) is 5.38. The first kappa shape index (κ1) is 7.72. The van der Waals surface area contributed by atoms with Crippen molar-refractivity contribution >= 4 is 0 Å². The van der Waals surface area contributed by atoms with Gasteiger partial charge >= 0.3 is 0 Å². The molecule has 0 amide bonds. The number of rotatable bonds is 0. The topological polar surface area (TPSA) is 24.7 Å². The van der Waals surface area contributed by atoms with Crippen LogP contribution in [0.3, 0.4) is 0 Å². The van der Waals surface area contributed by atoms with Gasteiger partial charge in [-0.2, -0.15) is 10.2 Å². The van der Waals surface area contributed by atoms with Crippen molar-refractivity contribution in [2.45, 2.75) is 38.8 Å². The average Bonchev–Trinajstić information content (AvgIpc) is 2.63. The predicted octanol–water partition coefficient (Wildman–Crippen LogP) is 2.81. The molecule has 0 aromatic heterocycles. The van der Waals surface area contributed by atoms with E-state index in [1.165, 1.54) is 6.42 Å². The minimum Gasteiger partial charge on any atom is -0.189 e. The third-order valence-corrected chi connectivity index (χ3v) is 4.70. The number of hydrogen-bond acceptors (Lipinski definition) is 2. The lowest BCUT2D eigenvalue weighted by atomic mass is 9.73. The Labute approximate surface area is 79.1 Å². The fraction of sp³-hybridized carbons (Fsp3) is 0.818. The molecule has 3 aliphatic rings. The molecule has 0 spiro atoms. The Morgan fingerprint density at radius 2 is 2.08 bits per heavy atom. The van der Waals surface area contributed by atoms with E-state index in [4.69, 9.17) is 0 Å². The fourth-order valence-electron chi connectivity index (χ4n) is 3.47. The molecule has 0 unspecified atom stereocenters. The molecule has 2 heteroatoms. The van der Waals surface area contributed by atoms with Gasteiger partial charge in [-0.1, -0.05) is 26.0 Å². The van der Waals surface area contributed by atoms with Crippen LogP contribution in [0.15, 0.2) is 22.4 Å². The van der Waals surface area contributed by atoms with Crippen LogP contribution < -0.4 is 0 Å². The third kappa shape index (κ3) is 0.608.